The van der Waals surface area contributed by atoms with E-state index in [1.54, 1.807) is 7.05 Å². The van der Waals surface area contributed by atoms with Crippen molar-refractivity contribution in [1.82, 2.24) is 34.9 Å². The second kappa shape index (κ2) is 5.75. The van der Waals surface area contributed by atoms with E-state index in [0.717, 1.165) is 6.20 Å². The molecule has 0 saturated carbocycles. The van der Waals surface area contributed by atoms with Crippen LogP contribution in [0, 0.1) is 0 Å². The average molecular weight is 313 g/mol. The van der Waals surface area contributed by atoms with Crippen molar-refractivity contribution in [2.24, 2.45) is 7.05 Å². The van der Waals surface area contributed by atoms with E-state index in [1.165, 1.54) is 15.6 Å². The molecule has 3 heterocycles. The van der Waals surface area contributed by atoms with Crippen LogP contribution in [0.5, 0.6) is 0 Å². The lowest BCUT2D eigenvalue weighted by molar-refractivity contribution is -0.0287. The Hall–Kier alpha value is -2.43. The first-order chi connectivity index (χ1) is 10.6. The van der Waals surface area contributed by atoms with Crippen LogP contribution in [0.3, 0.4) is 0 Å². The van der Waals surface area contributed by atoms with Crippen LogP contribution in [-0.4, -0.2) is 60.5 Å². The third kappa shape index (κ3) is 2.66. The lowest BCUT2D eigenvalue weighted by Gasteiger charge is -2.31. The van der Waals surface area contributed by atoms with Gasteiger partial charge in [-0.3, -0.25) is 4.79 Å². The zero-order chi connectivity index (χ0) is 15.7. The lowest BCUT2D eigenvalue weighted by Crippen LogP contribution is -2.43. The highest BCUT2D eigenvalue weighted by Crippen LogP contribution is 2.20. The summed E-state index contributed by atoms with van der Waals surface area (Å²) in [4.78, 5) is 13.8. The number of carbonyl (C=O) groups excluding carboxylic acids is 1. The van der Waals surface area contributed by atoms with Crippen molar-refractivity contribution in [2.45, 2.75) is 12.7 Å². The first kappa shape index (κ1) is 14.5. The van der Waals surface area contributed by atoms with Crippen LogP contribution < -0.4 is 0 Å². The maximum atomic E-state index is 12.5. The van der Waals surface area contributed by atoms with Crippen LogP contribution in [0.2, 0.25) is 0 Å². The van der Waals surface area contributed by atoms with Crippen molar-refractivity contribution < 1.29 is 18.3 Å². The van der Waals surface area contributed by atoms with Crippen LogP contribution >= 0.6 is 0 Å². The summed E-state index contributed by atoms with van der Waals surface area (Å²) in [6.45, 7) is -1.89. The molecule has 0 aliphatic carbocycles. The summed E-state index contributed by atoms with van der Waals surface area (Å²) in [6, 6.07) is 1.27. The maximum Gasteiger partial charge on any atom is 0.333 e. The van der Waals surface area contributed by atoms with Gasteiger partial charge in [-0.25, -0.2) is 9.36 Å². The molecule has 0 bridgehead atoms. The molecule has 0 spiro atoms. The van der Waals surface area contributed by atoms with Gasteiger partial charge in [0, 0.05) is 19.8 Å². The molecule has 2 aromatic heterocycles. The zero-order valence-corrected chi connectivity index (χ0v) is 11.6. The first-order valence-electron chi connectivity index (χ1n) is 6.52. The summed E-state index contributed by atoms with van der Waals surface area (Å²) in [5, 5.41) is 14.7. The van der Waals surface area contributed by atoms with Crippen LogP contribution in [0.25, 0.3) is 0 Å². The van der Waals surface area contributed by atoms with Crippen LogP contribution in [0.15, 0.2) is 12.3 Å². The third-order valence-corrected chi connectivity index (χ3v) is 3.32. The largest absolute Gasteiger partial charge is 0.366 e. The molecule has 2 aromatic rings. The van der Waals surface area contributed by atoms with Crippen LogP contribution in [0.4, 0.5) is 8.78 Å². The van der Waals surface area contributed by atoms with Crippen molar-refractivity contribution in [2.75, 3.05) is 19.7 Å². The number of aromatic nitrogens is 6. The SMILES string of the molecule is Cn1nnnc1C1CN(C(=O)c2ccn(C(F)F)n2)CCO1. The fraction of sp³-hybridized carbons (Fsp3) is 0.545. The second-order valence-electron chi connectivity index (χ2n) is 4.73. The monoisotopic (exact) mass is 313 g/mol. The van der Waals surface area contributed by atoms with Crippen LogP contribution in [0.1, 0.15) is 29.0 Å². The van der Waals surface area contributed by atoms with E-state index in [0.29, 0.717) is 23.7 Å². The molecule has 9 nitrogen and oxygen atoms in total. The van der Waals surface area contributed by atoms with E-state index < -0.39 is 18.6 Å². The molecule has 118 valence electrons. The molecule has 1 unspecified atom stereocenters. The predicted octanol–water partition coefficient (Wildman–Crippen LogP) is 0.0154. The van der Waals surface area contributed by atoms with Crippen molar-refractivity contribution in [3.63, 3.8) is 0 Å². The number of amides is 1. The number of tetrazole rings is 1. The number of carbonyl (C=O) groups is 1. The van der Waals surface area contributed by atoms with Gasteiger partial charge in [-0.2, -0.15) is 13.9 Å². The fourth-order valence-corrected chi connectivity index (χ4v) is 2.22. The number of hydrogen-bond donors (Lipinski definition) is 0. The molecular weight excluding hydrogens is 300 g/mol. The number of ether oxygens (including phenoxy) is 1. The first-order valence-corrected chi connectivity index (χ1v) is 6.52. The van der Waals surface area contributed by atoms with Gasteiger partial charge in [0.25, 0.3) is 5.91 Å². The molecule has 1 saturated heterocycles. The highest BCUT2D eigenvalue weighted by Gasteiger charge is 2.30. The number of aryl methyl sites for hydroxylation is 1. The molecule has 1 aliphatic heterocycles. The van der Waals surface area contributed by atoms with E-state index in [2.05, 4.69) is 20.6 Å². The molecule has 0 aromatic carbocycles. The lowest BCUT2D eigenvalue weighted by atomic mass is 10.2. The number of halogens is 2. The molecule has 0 N–H and O–H groups in total. The molecule has 1 atom stereocenters. The number of morpholine rings is 1. The average Bonchev–Trinajstić information content (AvgIpc) is 3.15. The topological polar surface area (TPSA) is 91.0 Å². The smallest absolute Gasteiger partial charge is 0.333 e. The molecule has 0 radical (unpaired) electrons. The number of hydrogen-bond acceptors (Lipinski definition) is 6. The van der Waals surface area contributed by atoms with Crippen molar-refractivity contribution >= 4 is 5.91 Å². The second-order valence-corrected chi connectivity index (χ2v) is 4.73. The molecule has 11 heteroatoms. The minimum Gasteiger partial charge on any atom is -0.366 e. The van der Waals surface area contributed by atoms with E-state index in [1.807, 2.05) is 0 Å². The van der Waals surface area contributed by atoms with Crippen molar-refractivity contribution in [1.29, 1.82) is 0 Å². The van der Waals surface area contributed by atoms with E-state index in [9.17, 15) is 13.6 Å². The Morgan fingerprint density at radius 3 is 2.95 bits per heavy atom. The molecule has 1 amide bonds. The standard InChI is InChI=1S/C11H13F2N7O2/c1-18-9(14-16-17-18)8-6-19(4-5-22-8)10(21)7-2-3-20(15-7)11(12)13/h2-3,8,11H,4-6H2,1H3. The van der Waals surface area contributed by atoms with Gasteiger partial charge in [0.2, 0.25) is 0 Å². The summed E-state index contributed by atoms with van der Waals surface area (Å²) in [6.07, 6.45) is 0.609. The van der Waals surface area contributed by atoms with Crippen molar-refractivity contribution in [3.8, 4) is 0 Å². The molecule has 1 fully saturated rings. The Kier molecular flexibility index (Phi) is 3.79. The van der Waals surface area contributed by atoms with Gasteiger partial charge in [-0.05, 0) is 16.5 Å². The van der Waals surface area contributed by atoms with Gasteiger partial charge in [0.15, 0.2) is 11.5 Å². The minimum atomic E-state index is -2.77. The van der Waals surface area contributed by atoms with Crippen LogP contribution in [-0.2, 0) is 11.8 Å². The quantitative estimate of drug-likeness (QED) is 0.793. The molecule has 3 rings (SSSR count). The molecular formula is C11H13F2N7O2. The van der Waals surface area contributed by atoms with Gasteiger partial charge in [0.1, 0.15) is 6.10 Å². The highest BCUT2D eigenvalue weighted by molar-refractivity contribution is 5.92. The Bertz CT molecular complexity index is 671. The third-order valence-electron chi connectivity index (χ3n) is 3.32. The Balaban J connectivity index is 1.73. The van der Waals surface area contributed by atoms with E-state index in [-0.39, 0.29) is 12.2 Å². The molecule has 1 aliphatic rings. The highest BCUT2D eigenvalue weighted by atomic mass is 19.3. The number of alkyl halides is 2. The normalized spacial score (nSPS) is 18.9. The van der Waals surface area contributed by atoms with Gasteiger partial charge >= 0.3 is 6.55 Å². The Labute approximate surface area is 123 Å². The number of rotatable bonds is 3. The van der Waals surface area contributed by atoms with Gasteiger partial charge in [-0.15, -0.1) is 5.10 Å². The Morgan fingerprint density at radius 1 is 1.50 bits per heavy atom. The van der Waals surface area contributed by atoms with Gasteiger partial charge in [0.05, 0.1) is 13.2 Å². The van der Waals surface area contributed by atoms with Gasteiger partial charge in [-0.1, -0.05) is 0 Å². The summed E-state index contributed by atoms with van der Waals surface area (Å²) < 4.78 is 32.5. The summed E-state index contributed by atoms with van der Waals surface area (Å²) >= 11 is 0. The molecule has 22 heavy (non-hydrogen) atoms. The van der Waals surface area contributed by atoms with Gasteiger partial charge < -0.3 is 9.64 Å². The summed E-state index contributed by atoms with van der Waals surface area (Å²) in [5.74, 6) is 0.0680. The summed E-state index contributed by atoms with van der Waals surface area (Å²) in [5.41, 5.74) is -0.0305. The van der Waals surface area contributed by atoms with Crippen molar-refractivity contribution in [3.05, 3.63) is 23.8 Å². The Morgan fingerprint density at radius 2 is 2.32 bits per heavy atom. The minimum absolute atomic E-state index is 0.0305. The summed E-state index contributed by atoms with van der Waals surface area (Å²) in [7, 11) is 1.67. The number of nitrogens with zero attached hydrogens (tertiary/aromatic N) is 7. The van der Waals surface area contributed by atoms with E-state index >= 15 is 0 Å². The fourth-order valence-electron chi connectivity index (χ4n) is 2.22. The maximum absolute atomic E-state index is 12.5. The predicted molar refractivity (Wildman–Crippen MR) is 66.9 cm³/mol. The zero-order valence-electron chi connectivity index (χ0n) is 11.6. The van der Waals surface area contributed by atoms with E-state index in [4.69, 9.17) is 4.74 Å².